The van der Waals surface area contributed by atoms with Crippen molar-refractivity contribution in [2.45, 2.75) is 32.2 Å². The maximum Gasteiger partial charge on any atom is 0.226 e. The second-order valence-electron chi connectivity index (χ2n) is 5.06. The minimum Gasteiger partial charge on any atom is -0.508 e. The molecule has 4 nitrogen and oxygen atoms in total. The standard InChI is InChI=1S/C15H22N2O2/c1-2-16-13-6-8-17(9-7-13)15(19)11-12-4-3-5-14(18)10-12/h3-5,10,13,16,18H,2,6-9,11H2,1H3. The van der Waals surface area contributed by atoms with E-state index in [4.69, 9.17) is 0 Å². The van der Waals surface area contributed by atoms with Crippen LogP contribution in [0.1, 0.15) is 25.3 Å². The number of piperidine rings is 1. The zero-order chi connectivity index (χ0) is 13.7. The average molecular weight is 262 g/mol. The molecule has 1 fully saturated rings. The van der Waals surface area contributed by atoms with Gasteiger partial charge in [0.25, 0.3) is 0 Å². The van der Waals surface area contributed by atoms with Gasteiger partial charge in [-0.25, -0.2) is 0 Å². The Morgan fingerprint density at radius 1 is 1.42 bits per heavy atom. The number of nitrogens with zero attached hydrogens (tertiary/aromatic N) is 1. The largest absolute Gasteiger partial charge is 0.508 e. The molecule has 1 aromatic rings. The molecule has 2 rings (SSSR count). The Balaban J connectivity index is 1.84. The fourth-order valence-corrected chi connectivity index (χ4v) is 2.57. The van der Waals surface area contributed by atoms with Crippen LogP contribution in [-0.2, 0) is 11.2 Å². The SMILES string of the molecule is CCNC1CCN(C(=O)Cc2cccc(O)c2)CC1. The van der Waals surface area contributed by atoms with Gasteiger partial charge in [-0.15, -0.1) is 0 Å². The van der Waals surface area contributed by atoms with Crippen LogP contribution in [0.4, 0.5) is 0 Å². The molecule has 1 aliphatic heterocycles. The normalized spacial score (nSPS) is 16.6. The van der Waals surface area contributed by atoms with E-state index in [1.807, 2.05) is 11.0 Å². The van der Waals surface area contributed by atoms with Crippen LogP contribution < -0.4 is 5.32 Å². The molecule has 0 atom stereocenters. The van der Waals surface area contributed by atoms with Crippen molar-refractivity contribution in [2.24, 2.45) is 0 Å². The summed E-state index contributed by atoms with van der Waals surface area (Å²) in [7, 11) is 0. The highest BCUT2D eigenvalue weighted by Crippen LogP contribution is 2.15. The molecule has 19 heavy (non-hydrogen) atoms. The van der Waals surface area contributed by atoms with Crippen molar-refractivity contribution in [2.75, 3.05) is 19.6 Å². The third-order valence-electron chi connectivity index (χ3n) is 3.61. The summed E-state index contributed by atoms with van der Waals surface area (Å²) in [6.07, 6.45) is 2.43. The van der Waals surface area contributed by atoms with Gasteiger partial charge in [0.15, 0.2) is 0 Å². The lowest BCUT2D eigenvalue weighted by Gasteiger charge is -2.32. The van der Waals surface area contributed by atoms with Crippen LogP contribution in [0.15, 0.2) is 24.3 Å². The highest BCUT2D eigenvalue weighted by Gasteiger charge is 2.22. The number of amides is 1. The fraction of sp³-hybridized carbons (Fsp3) is 0.533. The number of likely N-dealkylation sites (tertiary alicyclic amines) is 1. The van der Waals surface area contributed by atoms with E-state index in [1.165, 1.54) is 0 Å². The first-order valence-corrected chi connectivity index (χ1v) is 6.98. The zero-order valence-corrected chi connectivity index (χ0v) is 11.4. The van der Waals surface area contributed by atoms with Gasteiger partial charge in [0.05, 0.1) is 6.42 Å². The summed E-state index contributed by atoms with van der Waals surface area (Å²) in [5.74, 6) is 0.372. The van der Waals surface area contributed by atoms with Gasteiger partial charge in [0.1, 0.15) is 5.75 Å². The molecule has 0 unspecified atom stereocenters. The number of aromatic hydroxyl groups is 1. The van der Waals surface area contributed by atoms with Gasteiger partial charge in [-0.05, 0) is 37.1 Å². The van der Waals surface area contributed by atoms with Crippen LogP contribution in [-0.4, -0.2) is 41.6 Å². The lowest BCUT2D eigenvalue weighted by atomic mass is 10.0. The first-order chi connectivity index (χ1) is 9.19. The third-order valence-corrected chi connectivity index (χ3v) is 3.61. The molecule has 4 heteroatoms. The molecule has 0 aromatic heterocycles. The molecule has 0 bridgehead atoms. The monoisotopic (exact) mass is 262 g/mol. The molecule has 0 spiro atoms. The van der Waals surface area contributed by atoms with Crippen molar-refractivity contribution in [3.8, 4) is 5.75 Å². The number of hydrogen-bond acceptors (Lipinski definition) is 3. The van der Waals surface area contributed by atoms with E-state index in [1.54, 1.807) is 18.2 Å². The van der Waals surface area contributed by atoms with Gasteiger partial charge in [-0.1, -0.05) is 19.1 Å². The Kier molecular flexibility index (Phi) is 4.80. The number of phenols is 1. The number of rotatable bonds is 4. The number of carbonyl (C=O) groups is 1. The Morgan fingerprint density at radius 2 is 2.16 bits per heavy atom. The maximum atomic E-state index is 12.2. The van der Waals surface area contributed by atoms with E-state index in [9.17, 15) is 9.90 Å². The van der Waals surface area contributed by atoms with Crippen molar-refractivity contribution in [1.29, 1.82) is 0 Å². The van der Waals surface area contributed by atoms with E-state index < -0.39 is 0 Å². The van der Waals surface area contributed by atoms with Crippen molar-refractivity contribution in [3.63, 3.8) is 0 Å². The first-order valence-electron chi connectivity index (χ1n) is 6.98. The smallest absolute Gasteiger partial charge is 0.226 e. The highest BCUT2D eigenvalue weighted by molar-refractivity contribution is 5.79. The number of benzene rings is 1. The van der Waals surface area contributed by atoms with E-state index in [0.29, 0.717) is 12.5 Å². The second kappa shape index (κ2) is 6.57. The molecular weight excluding hydrogens is 240 g/mol. The third kappa shape index (κ3) is 3.96. The van der Waals surface area contributed by atoms with Gasteiger partial charge < -0.3 is 15.3 Å². The van der Waals surface area contributed by atoms with Gasteiger partial charge in [-0.2, -0.15) is 0 Å². The topological polar surface area (TPSA) is 52.6 Å². The number of carbonyl (C=O) groups excluding carboxylic acids is 1. The van der Waals surface area contributed by atoms with Crippen molar-refractivity contribution >= 4 is 5.91 Å². The summed E-state index contributed by atoms with van der Waals surface area (Å²) in [4.78, 5) is 14.1. The van der Waals surface area contributed by atoms with Crippen molar-refractivity contribution in [1.82, 2.24) is 10.2 Å². The van der Waals surface area contributed by atoms with Crippen LogP contribution >= 0.6 is 0 Å². The summed E-state index contributed by atoms with van der Waals surface area (Å²) < 4.78 is 0. The molecule has 0 saturated carbocycles. The minimum absolute atomic E-state index is 0.153. The zero-order valence-electron chi connectivity index (χ0n) is 11.4. The van der Waals surface area contributed by atoms with Crippen LogP contribution in [0.5, 0.6) is 5.75 Å². The van der Waals surface area contributed by atoms with Crippen molar-refractivity contribution in [3.05, 3.63) is 29.8 Å². The number of hydrogen-bond donors (Lipinski definition) is 2. The van der Waals surface area contributed by atoms with Crippen LogP contribution in [0.3, 0.4) is 0 Å². The number of phenolic OH excluding ortho intramolecular Hbond substituents is 1. The van der Waals surface area contributed by atoms with E-state index in [-0.39, 0.29) is 11.7 Å². The van der Waals surface area contributed by atoms with Crippen LogP contribution in [0.2, 0.25) is 0 Å². The summed E-state index contributed by atoms with van der Waals surface area (Å²) >= 11 is 0. The highest BCUT2D eigenvalue weighted by atomic mass is 16.3. The molecule has 1 aromatic carbocycles. The molecule has 1 aliphatic rings. The predicted octanol–water partition coefficient (Wildman–Crippen LogP) is 1.54. The van der Waals surface area contributed by atoms with Gasteiger partial charge in [0.2, 0.25) is 5.91 Å². The Labute approximate surface area is 114 Å². The molecule has 104 valence electrons. The van der Waals surface area contributed by atoms with Crippen LogP contribution in [0, 0.1) is 0 Å². The summed E-state index contributed by atoms with van der Waals surface area (Å²) in [6.45, 7) is 4.76. The Bertz CT molecular complexity index is 426. The molecular formula is C15H22N2O2. The second-order valence-corrected chi connectivity index (χ2v) is 5.06. The quantitative estimate of drug-likeness (QED) is 0.865. The Hall–Kier alpha value is -1.55. The van der Waals surface area contributed by atoms with Gasteiger partial charge in [-0.3, -0.25) is 4.79 Å². The van der Waals surface area contributed by atoms with E-state index in [0.717, 1.165) is 38.0 Å². The first kappa shape index (κ1) is 13.9. The van der Waals surface area contributed by atoms with Gasteiger partial charge in [0, 0.05) is 19.1 Å². The molecule has 1 saturated heterocycles. The summed E-state index contributed by atoms with van der Waals surface area (Å²) in [5, 5.41) is 12.8. The minimum atomic E-state index is 0.153. The molecule has 0 aliphatic carbocycles. The molecule has 1 heterocycles. The van der Waals surface area contributed by atoms with E-state index >= 15 is 0 Å². The number of nitrogens with one attached hydrogen (secondary N) is 1. The summed E-state index contributed by atoms with van der Waals surface area (Å²) in [5.41, 5.74) is 0.874. The average Bonchev–Trinajstić information content (AvgIpc) is 2.40. The van der Waals surface area contributed by atoms with E-state index in [2.05, 4.69) is 12.2 Å². The summed E-state index contributed by atoms with van der Waals surface area (Å²) in [6, 6.07) is 7.48. The predicted molar refractivity (Wildman–Crippen MR) is 75.1 cm³/mol. The molecule has 2 N–H and O–H groups in total. The molecule has 1 amide bonds. The van der Waals surface area contributed by atoms with Crippen LogP contribution in [0.25, 0.3) is 0 Å². The van der Waals surface area contributed by atoms with Gasteiger partial charge >= 0.3 is 0 Å². The lowest BCUT2D eigenvalue weighted by Crippen LogP contribution is -2.45. The lowest BCUT2D eigenvalue weighted by molar-refractivity contribution is -0.131. The van der Waals surface area contributed by atoms with Crippen molar-refractivity contribution < 1.29 is 9.90 Å². The maximum absolute atomic E-state index is 12.2. The Morgan fingerprint density at radius 3 is 2.79 bits per heavy atom. The fourth-order valence-electron chi connectivity index (χ4n) is 2.57. The molecule has 0 radical (unpaired) electrons.